The van der Waals surface area contributed by atoms with Crippen LogP contribution >= 0.6 is 0 Å². The third kappa shape index (κ3) is 42.5. The molecule has 0 N–H and O–H groups in total. The fourth-order valence-corrected chi connectivity index (χ4v) is 11.2. The van der Waals surface area contributed by atoms with E-state index < -0.39 is 0 Å². The summed E-state index contributed by atoms with van der Waals surface area (Å²) >= 11 is 0. The Kier molecular flexibility index (Phi) is 42.0. The van der Waals surface area contributed by atoms with Crippen molar-refractivity contribution in [3.63, 3.8) is 0 Å². The predicted octanol–water partition coefficient (Wildman–Crippen LogP) is 20.2. The molecule has 0 atom stereocenters. The van der Waals surface area contributed by atoms with Crippen molar-refractivity contribution in [2.75, 3.05) is 61.9 Å². The van der Waals surface area contributed by atoms with Crippen LogP contribution in [-0.4, -0.2) is 75.4 Å². The normalized spacial score (nSPS) is 12.5. The summed E-state index contributed by atoms with van der Waals surface area (Å²) in [5, 5.41) is 0. The first-order valence-corrected chi connectivity index (χ1v) is 31.0. The number of rotatable bonds is 52. The van der Waals surface area contributed by atoms with Crippen LogP contribution in [0.25, 0.3) is 0 Å². The van der Waals surface area contributed by atoms with Gasteiger partial charge in [0.1, 0.15) is 19.6 Å². The maximum absolute atomic E-state index is 2.62. The molecule has 0 saturated carbocycles. The Morgan fingerprint density at radius 3 is 0.493 bits per heavy atom. The van der Waals surface area contributed by atoms with Crippen LogP contribution in [0, 0.1) is 0 Å². The molecule has 0 unspecified atom stereocenters. The molecular weight excluding hydrogens is 811 g/mol. The van der Waals surface area contributed by atoms with Crippen molar-refractivity contribution in [3.05, 3.63) is 34.9 Å². The molecule has 0 spiro atoms. The molecule has 0 saturated heterocycles. The molecule has 0 aliphatic rings. The van der Waals surface area contributed by atoms with E-state index in [1.807, 2.05) is 0 Å². The second kappa shape index (κ2) is 43.9. The van der Waals surface area contributed by atoms with Gasteiger partial charge >= 0.3 is 0 Å². The molecule has 0 aromatic heterocycles. The van der Waals surface area contributed by atoms with Crippen LogP contribution in [0.2, 0.25) is 0 Å². The molecule has 0 amide bonds. The van der Waals surface area contributed by atoms with E-state index in [0.29, 0.717) is 0 Å². The number of hydrogen-bond donors (Lipinski definition) is 0. The summed E-state index contributed by atoms with van der Waals surface area (Å²) in [6.07, 6.45) is 61.8. The van der Waals surface area contributed by atoms with Gasteiger partial charge in [0, 0.05) is 16.7 Å². The van der Waals surface area contributed by atoms with Crippen molar-refractivity contribution in [1.29, 1.82) is 0 Å². The average molecular weight is 940 g/mol. The maximum atomic E-state index is 2.62. The Bertz CT molecular complexity index is 1120. The van der Waals surface area contributed by atoms with Crippen molar-refractivity contribution in [3.8, 4) is 0 Å². The fraction of sp³-hybridized carbons (Fsp3) is 0.906. The van der Waals surface area contributed by atoms with Gasteiger partial charge in [-0.05, 0) is 56.7 Å². The molecule has 0 aliphatic carbocycles. The van der Waals surface area contributed by atoms with Crippen molar-refractivity contribution in [2.45, 2.75) is 317 Å². The Morgan fingerprint density at radius 2 is 0.343 bits per heavy atom. The molecule has 0 aliphatic heterocycles. The van der Waals surface area contributed by atoms with Crippen molar-refractivity contribution >= 4 is 0 Å². The monoisotopic (exact) mass is 939 g/mol. The second-order valence-electron chi connectivity index (χ2n) is 24.8. The van der Waals surface area contributed by atoms with Crippen LogP contribution in [0.3, 0.4) is 0 Å². The van der Waals surface area contributed by atoms with Crippen LogP contribution in [-0.2, 0) is 19.6 Å². The van der Waals surface area contributed by atoms with Gasteiger partial charge in [0.05, 0.1) is 61.9 Å². The van der Waals surface area contributed by atoms with Gasteiger partial charge in [0.25, 0.3) is 0 Å². The summed E-state index contributed by atoms with van der Waals surface area (Å²) in [5.74, 6) is 0. The molecular formula is C64H128N3+3. The zero-order valence-corrected chi connectivity index (χ0v) is 48.2. The summed E-state index contributed by atoms with van der Waals surface area (Å²) in [4.78, 5) is 0. The highest BCUT2D eigenvalue weighted by Gasteiger charge is 2.22. The van der Waals surface area contributed by atoms with Gasteiger partial charge < -0.3 is 13.4 Å². The number of benzene rings is 1. The number of hydrogen-bond acceptors (Lipinski definition) is 0. The summed E-state index contributed by atoms with van der Waals surface area (Å²) in [5.41, 5.74) is 4.73. The van der Waals surface area contributed by atoms with E-state index in [4.69, 9.17) is 0 Å². The fourth-order valence-electron chi connectivity index (χ4n) is 11.2. The van der Waals surface area contributed by atoms with E-state index in [2.05, 4.69) is 81.3 Å². The molecule has 0 bridgehead atoms. The summed E-state index contributed by atoms with van der Waals surface area (Å²) < 4.78 is 3.32. The molecule has 0 fully saturated rings. The summed E-state index contributed by atoms with van der Waals surface area (Å²) in [6, 6.07) is 7.86. The minimum Gasteiger partial charge on any atom is -0.325 e. The lowest BCUT2D eigenvalue weighted by molar-refractivity contribution is -0.905. The number of quaternary nitrogens is 3. The SMILES string of the molecule is CCCCCCCCCCCCCCCCC[N+](C)(C)Cc1cc(C[N+](C)(C)CCCCCCCCCCCCCCCC)cc(C[N+](C)(C)CCCCCCCCCCCCCCCC)c1. The Hall–Kier alpha value is -0.900. The Labute approximate surface area is 425 Å². The van der Waals surface area contributed by atoms with Gasteiger partial charge in [-0.1, -0.05) is 258 Å². The van der Waals surface area contributed by atoms with Crippen molar-refractivity contribution in [1.82, 2.24) is 0 Å². The Morgan fingerprint density at radius 1 is 0.209 bits per heavy atom. The number of unbranched alkanes of at least 4 members (excludes halogenated alkanes) is 40. The first kappa shape index (κ1) is 64.1. The quantitative estimate of drug-likeness (QED) is 0.0451. The zero-order valence-electron chi connectivity index (χ0n) is 48.2. The van der Waals surface area contributed by atoms with E-state index in [1.54, 1.807) is 16.7 Å². The van der Waals surface area contributed by atoms with Gasteiger partial charge in [-0.15, -0.1) is 0 Å². The van der Waals surface area contributed by atoms with Crippen LogP contribution in [0.15, 0.2) is 18.2 Å². The van der Waals surface area contributed by atoms with E-state index in [-0.39, 0.29) is 0 Å². The van der Waals surface area contributed by atoms with E-state index in [1.165, 1.54) is 296 Å². The topological polar surface area (TPSA) is 0 Å². The van der Waals surface area contributed by atoms with Crippen LogP contribution < -0.4 is 0 Å². The van der Waals surface area contributed by atoms with Crippen LogP contribution in [0.5, 0.6) is 0 Å². The molecule has 67 heavy (non-hydrogen) atoms. The van der Waals surface area contributed by atoms with Gasteiger partial charge in [-0.25, -0.2) is 0 Å². The highest BCUT2D eigenvalue weighted by molar-refractivity contribution is 5.29. The molecule has 1 aromatic carbocycles. The summed E-state index contributed by atoms with van der Waals surface area (Å²) in [6.45, 7) is 14.3. The molecule has 1 aromatic rings. The standard InChI is InChI=1S/C64H128N3/c1-10-13-16-19-22-25-28-31-34-37-40-43-46-49-52-55-67(8,9)61-64-57-62(59-65(4,5)53-50-47-44-41-38-35-32-29-26-23-20-17-14-11-2)56-63(58-64)60-66(6,7)54-51-48-45-42-39-36-33-30-27-24-21-18-15-12-3/h56-58H,10-55,59-61H2,1-9H3/q+3. The molecule has 3 heteroatoms. The highest BCUT2D eigenvalue weighted by Crippen LogP contribution is 2.23. The van der Waals surface area contributed by atoms with Crippen LogP contribution in [0.4, 0.5) is 0 Å². The van der Waals surface area contributed by atoms with E-state index in [0.717, 1.165) is 33.1 Å². The zero-order chi connectivity index (χ0) is 49.0. The maximum Gasteiger partial charge on any atom is 0.104 e. The van der Waals surface area contributed by atoms with Crippen LogP contribution in [0.1, 0.15) is 314 Å². The van der Waals surface area contributed by atoms with E-state index in [9.17, 15) is 0 Å². The van der Waals surface area contributed by atoms with E-state index >= 15 is 0 Å². The third-order valence-electron chi connectivity index (χ3n) is 15.5. The lowest BCUT2D eigenvalue weighted by Gasteiger charge is -2.33. The number of nitrogens with zero attached hydrogens (tertiary/aromatic N) is 3. The smallest absolute Gasteiger partial charge is 0.104 e. The highest BCUT2D eigenvalue weighted by atomic mass is 15.3. The van der Waals surface area contributed by atoms with Gasteiger partial charge in [0.15, 0.2) is 0 Å². The Balaban J connectivity index is 2.62. The second-order valence-corrected chi connectivity index (χ2v) is 24.8. The lowest BCUT2D eigenvalue weighted by Crippen LogP contribution is -2.41. The molecule has 0 heterocycles. The van der Waals surface area contributed by atoms with Gasteiger partial charge in [0.2, 0.25) is 0 Å². The lowest BCUT2D eigenvalue weighted by atomic mass is 10.0. The summed E-state index contributed by atoms with van der Waals surface area (Å²) in [7, 11) is 15.0. The largest absolute Gasteiger partial charge is 0.325 e. The van der Waals surface area contributed by atoms with Gasteiger partial charge in [-0.3, -0.25) is 0 Å². The average Bonchev–Trinajstić information content (AvgIpc) is 3.27. The minimum absolute atomic E-state index is 1.11. The predicted molar refractivity (Wildman–Crippen MR) is 304 cm³/mol. The molecule has 0 radical (unpaired) electrons. The first-order valence-electron chi connectivity index (χ1n) is 31.0. The van der Waals surface area contributed by atoms with Crippen molar-refractivity contribution in [2.24, 2.45) is 0 Å². The molecule has 3 nitrogen and oxygen atoms in total. The minimum atomic E-state index is 1.11. The molecule has 1 rings (SSSR count). The third-order valence-corrected chi connectivity index (χ3v) is 15.5. The molecule has 396 valence electrons. The first-order chi connectivity index (χ1) is 32.4. The van der Waals surface area contributed by atoms with Gasteiger partial charge in [-0.2, -0.15) is 0 Å². The van der Waals surface area contributed by atoms with Crippen molar-refractivity contribution < 1.29 is 13.4 Å².